The lowest BCUT2D eigenvalue weighted by atomic mass is 10.2. The molecule has 2 amide bonds. The average Bonchev–Trinajstić information content (AvgIpc) is 3.05. The summed E-state index contributed by atoms with van der Waals surface area (Å²) >= 11 is 0. The Morgan fingerprint density at radius 1 is 1.14 bits per heavy atom. The van der Waals surface area contributed by atoms with E-state index in [1.165, 1.54) is 6.26 Å². The number of amides is 2. The van der Waals surface area contributed by atoms with Gasteiger partial charge in [0.15, 0.2) is 0 Å². The van der Waals surface area contributed by atoms with Crippen LogP contribution in [0.4, 0.5) is 0 Å². The number of benzene rings is 1. The Balaban J connectivity index is 1.80. The predicted octanol–water partition coefficient (Wildman–Crippen LogP) is 1.55. The summed E-state index contributed by atoms with van der Waals surface area (Å²) in [6.45, 7) is 1.56. The van der Waals surface area contributed by atoms with Crippen LogP contribution in [0.2, 0.25) is 0 Å². The molecule has 0 radical (unpaired) electrons. The first-order valence-corrected chi connectivity index (χ1v) is 6.37. The van der Waals surface area contributed by atoms with Crippen LogP contribution in [0.3, 0.4) is 0 Å². The summed E-state index contributed by atoms with van der Waals surface area (Å²) in [4.78, 5) is 23.3. The normalized spacial score (nSPS) is 11.0. The van der Waals surface area contributed by atoms with Gasteiger partial charge in [-0.2, -0.15) is 5.10 Å². The fraction of sp³-hybridized carbons (Fsp3) is 0.133. The van der Waals surface area contributed by atoms with Crippen molar-refractivity contribution in [2.45, 2.75) is 6.92 Å². The lowest BCUT2D eigenvalue weighted by molar-refractivity contribution is -0.120. The second kappa shape index (κ2) is 7.04. The van der Waals surface area contributed by atoms with Crippen LogP contribution in [0.15, 0.2) is 58.2 Å². The number of hydrogen-bond acceptors (Lipinski definition) is 4. The molecule has 1 heterocycles. The van der Waals surface area contributed by atoms with Gasteiger partial charge < -0.3 is 9.73 Å². The largest absolute Gasteiger partial charge is 0.463 e. The van der Waals surface area contributed by atoms with E-state index >= 15 is 0 Å². The maximum Gasteiger partial charge on any atom is 0.259 e. The molecule has 108 valence electrons. The highest BCUT2D eigenvalue weighted by atomic mass is 16.3. The van der Waals surface area contributed by atoms with Gasteiger partial charge in [0.1, 0.15) is 11.5 Å². The Hall–Kier alpha value is -2.89. The van der Waals surface area contributed by atoms with Gasteiger partial charge in [-0.05, 0) is 31.2 Å². The number of nitrogens with zero attached hydrogens (tertiary/aromatic N) is 1. The molecule has 0 atom stereocenters. The first-order valence-electron chi connectivity index (χ1n) is 6.37. The standard InChI is InChI=1S/C15H15N3O3/c1-11(13-8-5-9-21-13)17-18-14(19)10-16-15(20)12-6-3-2-4-7-12/h2-9H,10H2,1H3,(H,16,20)(H,18,19). The fourth-order valence-corrected chi connectivity index (χ4v) is 1.58. The monoisotopic (exact) mass is 285 g/mol. The highest BCUT2D eigenvalue weighted by Crippen LogP contribution is 2.01. The van der Waals surface area contributed by atoms with Crippen LogP contribution >= 0.6 is 0 Å². The van der Waals surface area contributed by atoms with E-state index in [9.17, 15) is 9.59 Å². The fourth-order valence-electron chi connectivity index (χ4n) is 1.58. The number of hydrazone groups is 1. The van der Waals surface area contributed by atoms with Gasteiger partial charge in [0.25, 0.3) is 11.8 Å². The van der Waals surface area contributed by atoms with Gasteiger partial charge in [0.05, 0.1) is 12.8 Å². The van der Waals surface area contributed by atoms with E-state index in [1.54, 1.807) is 43.3 Å². The van der Waals surface area contributed by atoms with Crippen molar-refractivity contribution in [3.8, 4) is 0 Å². The van der Waals surface area contributed by atoms with E-state index in [1.807, 2.05) is 6.07 Å². The predicted molar refractivity (Wildman–Crippen MR) is 77.8 cm³/mol. The molecule has 0 fully saturated rings. The Labute approximate surface area is 121 Å². The van der Waals surface area contributed by atoms with Crippen LogP contribution in [0, 0.1) is 0 Å². The smallest absolute Gasteiger partial charge is 0.259 e. The molecule has 0 unspecified atom stereocenters. The molecule has 0 saturated heterocycles. The van der Waals surface area contributed by atoms with Crippen molar-refractivity contribution < 1.29 is 14.0 Å². The van der Waals surface area contributed by atoms with Crippen molar-refractivity contribution in [1.29, 1.82) is 0 Å². The molecule has 1 aromatic heterocycles. The lowest BCUT2D eigenvalue weighted by Gasteiger charge is -2.04. The summed E-state index contributed by atoms with van der Waals surface area (Å²) in [5.74, 6) is -0.147. The maximum atomic E-state index is 11.7. The van der Waals surface area contributed by atoms with Gasteiger partial charge in [-0.3, -0.25) is 9.59 Å². The van der Waals surface area contributed by atoms with Crippen LogP contribution < -0.4 is 10.7 Å². The van der Waals surface area contributed by atoms with Crippen LogP contribution in [0.1, 0.15) is 23.0 Å². The van der Waals surface area contributed by atoms with E-state index < -0.39 is 5.91 Å². The highest BCUT2D eigenvalue weighted by Gasteiger charge is 2.07. The van der Waals surface area contributed by atoms with Gasteiger partial charge in [-0.15, -0.1) is 0 Å². The molecular formula is C15H15N3O3. The molecular weight excluding hydrogens is 270 g/mol. The van der Waals surface area contributed by atoms with Gasteiger partial charge >= 0.3 is 0 Å². The van der Waals surface area contributed by atoms with E-state index in [0.29, 0.717) is 17.0 Å². The Morgan fingerprint density at radius 3 is 2.57 bits per heavy atom. The van der Waals surface area contributed by atoms with Crippen molar-refractivity contribution in [3.05, 3.63) is 60.1 Å². The van der Waals surface area contributed by atoms with E-state index in [4.69, 9.17) is 4.42 Å². The second-order valence-electron chi connectivity index (χ2n) is 4.26. The number of nitrogens with one attached hydrogen (secondary N) is 2. The molecule has 6 nitrogen and oxygen atoms in total. The Kier molecular flexibility index (Phi) is 4.87. The summed E-state index contributed by atoms with van der Waals surface area (Å²) in [7, 11) is 0. The Bertz CT molecular complexity index is 633. The summed E-state index contributed by atoms with van der Waals surface area (Å²) in [5, 5.41) is 6.40. The minimum atomic E-state index is -0.412. The van der Waals surface area contributed by atoms with Gasteiger partial charge in [0.2, 0.25) is 0 Å². The van der Waals surface area contributed by atoms with Crippen LogP contribution in [0.25, 0.3) is 0 Å². The molecule has 0 aliphatic carbocycles. The molecule has 2 aromatic rings. The average molecular weight is 285 g/mol. The molecule has 0 aliphatic heterocycles. The SMILES string of the molecule is CC(=NNC(=O)CNC(=O)c1ccccc1)c1ccco1. The van der Waals surface area contributed by atoms with Crippen molar-refractivity contribution >= 4 is 17.5 Å². The number of furan rings is 1. The summed E-state index contributed by atoms with van der Waals surface area (Å²) in [6, 6.07) is 12.1. The second-order valence-corrected chi connectivity index (χ2v) is 4.26. The minimum absolute atomic E-state index is 0.150. The molecule has 21 heavy (non-hydrogen) atoms. The zero-order chi connectivity index (χ0) is 15.1. The quantitative estimate of drug-likeness (QED) is 0.645. The van der Waals surface area contributed by atoms with Gasteiger partial charge in [0, 0.05) is 5.56 Å². The van der Waals surface area contributed by atoms with Crippen molar-refractivity contribution in [1.82, 2.24) is 10.7 Å². The third kappa shape index (κ3) is 4.31. The molecule has 0 saturated carbocycles. The molecule has 2 rings (SSSR count). The van der Waals surface area contributed by atoms with Crippen LogP contribution in [-0.2, 0) is 4.79 Å². The third-order valence-corrected chi connectivity index (χ3v) is 2.67. The van der Waals surface area contributed by atoms with Crippen LogP contribution in [-0.4, -0.2) is 24.1 Å². The first kappa shape index (κ1) is 14.5. The summed E-state index contributed by atoms with van der Waals surface area (Å²) in [5.41, 5.74) is 3.40. The number of carbonyl (C=O) groups is 2. The van der Waals surface area contributed by atoms with E-state index in [-0.39, 0.29) is 12.5 Å². The summed E-state index contributed by atoms with van der Waals surface area (Å²) < 4.78 is 5.13. The zero-order valence-corrected chi connectivity index (χ0v) is 11.5. The maximum absolute atomic E-state index is 11.7. The minimum Gasteiger partial charge on any atom is -0.463 e. The molecule has 0 spiro atoms. The number of hydrogen-bond donors (Lipinski definition) is 2. The highest BCUT2D eigenvalue weighted by molar-refractivity contribution is 5.98. The molecule has 6 heteroatoms. The molecule has 1 aromatic carbocycles. The van der Waals surface area contributed by atoms with Crippen molar-refractivity contribution in [3.63, 3.8) is 0 Å². The molecule has 2 N–H and O–H groups in total. The van der Waals surface area contributed by atoms with Gasteiger partial charge in [-0.25, -0.2) is 5.43 Å². The van der Waals surface area contributed by atoms with E-state index in [0.717, 1.165) is 0 Å². The number of rotatable bonds is 5. The molecule has 0 aliphatic rings. The first-order chi connectivity index (χ1) is 10.2. The zero-order valence-electron chi connectivity index (χ0n) is 11.5. The number of carbonyl (C=O) groups excluding carboxylic acids is 2. The Morgan fingerprint density at radius 2 is 1.90 bits per heavy atom. The van der Waals surface area contributed by atoms with Crippen molar-refractivity contribution in [2.75, 3.05) is 6.54 Å². The van der Waals surface area contributed by atoms with Crippen molar-refractivity contribution in [2.24, 2.45) is 5.10 Å². The van der Waals surface area contributed by atoms with Crippen LogP contribution in [0.5, 0.6) is 0 Å². The lowest BCUT2D eigenvalue weighted by Crippen LogP contribution is -2.35. The topological polar surface area (TPSA) is 83.7 Å². The third-order valence-electron chi connectivity index (χ3n) is 2.67. The summed E-state index contributed by atoms with van der Waals surface area (Å²) in [6.07, 6.45) is 1.52. The van der Waals surface area contributed by atoms with Gasteiger partial charge in [-0.1, -0.05) is 18.2 Å². The molecule has 0 bridgehead atoms. The van der Waals surface area contributed by atoms with E-state index in [2.05, 4.69) is 15.8 Å².